The van der Waals surface area contributed by atoms with E-state index < -0.39 is 17.6 Å². The summed E-state index contributed by atoms with van der Waals surface area (Å²) in [5.74, 6) is 1.45. The van der Waals surface area contributed by atoms with Crippen LogP contribution in [0.2, 0.25) is 0 Å². The van der Waals surface area contributed by atoms with Crippen LogP contribution in [0.5, 0.6) is 11.5 Å². The molecule has 2 aliphatic rings. The number of benzene rings is 4. The van der Waals surface area contributed by atoms with Gasteiger partial charge in [0, 0.05) is 0 Å². The van der Waals surface area contributed by atoms with Gasteiger partial charge in [0.25, 0.3) is 0 Å². The van der Waals surface area contributed by atoms with Gasteiger partial charge in [-0.15, -0.1) is 0 Å². The Morgan fingerprint density at radius 2 is 1.15 bits per heavy atom. The average Bonchev–Trinajstić information content (AvgIpc) is 3.14. The van der Waals surface area contributed by atoms with E-state index in [-0.39, 0.29) is 11.3 Å². The molecule has 0 spiro atoms. The van der Waals surface area contributed by atoms with Gasteiger partial charge in [-0.3, -0.25) is 0 Å². The molecule has 0 aliphatic heterocycles. The van der Waals surface area contributed by atoms with E-state index in [9.17, 15) is 8.42 Å². The van der Waals surface area contributed by atoms with Gasteiger partial charge in [-0.25, -0.2) is 0 Å². The summed E-state index contributed by atoms with van der Waals surface area (Å²) >= 11 is 2.99. The van der Waals surface area contributed by atoms with Gasteiger partial charge in [0.1, 0.15) is 0 Å². The zero-order chi connectivity index (χ0) is 34.0. The Balaban J connectivity index is 0.000000267. The fourth-order valence-electron chi connectivity index (χ4n) is 7.85. The van der Waals surface area contributed by atoms with Gasteiger partial charge >= 0.3 is 301 Å². The van der Waals surface area contributed by atoms with Crippen molar-refractivity contribution in [3.63, 3.8) is 0 Å². The molecule has 2 fully saturated rings. The Labute approximate surface area is 299 Å². The van der Waals surface area contributed by atoms with Crippen LogP contribution in [0.1, 0.15) is 64.2 Å². The molecular weight excluding hydrogens is 732 g/mol. The van der Waals surface area contributed by atoms with Crippen LogP contribution in [0, 0.1) is 0 Å². The molecule has 2 saturated carbocycles. The Bertz CT molecular complexity index is 1680. The molecule has 0 atom stereocenters. The number of para-hydroxylation sites is 1. The van der Waals surface area contributed by atoms with E-state index in [1.165, 1.54) is 30.2 Å². The number of ether oxygens (including phenoxy) is 2. The zero-order valence-electron chi connectivity index (χ0n) is 28.2. The van der Waals surface area contributed by atoms with Gasteiger partial charge in [0.15, 0.2) is 0 Å². The summed E-state index contributed by atoms with van der Waals surface area (Å²) in [7, 11) is -3.33. The number of anilines is 1. The number of hydrogen-bond donors (Lipinski definition) is 1. The molecule has 0 saturated heterocycles. The van der Waals surface area contributed by atoms with Crippen LogP contribution in [0.15, 0.2) is 97.1 Å². The fourth-order valence-corrected chi connectivity index (χ4v) is 16.7. The van der Waals surface area contributed by atoms with Gasteiger partial charge in [-0.05, 0) is 0 Å². The third kappa shape index (κ3) is 8.52. The SMILES string of the molecule is COc1cccc(OC)c1-c1ccccc1[PH](OS(C)(=O)=O)(C1CCCCC1)C1CCCCC1.[Pd][NH]c1ccccc1-c1ccccc1. The van der Waals surface area contributed by atoms with Crippen molar-refractivity contribution in [2.45, 2.75) is 75.5 Å². The Kier molecular flexibility index (Phi) is 13.2. The van der Waals surface area contributed by atoms with Crippen LogP contribution in [0.25, 0.3) is 22.3 Å². The van der Waals surface area contributed by atoms with Gasteiger partial charge in [0.05, 0.1) is 0 Å². The second-order valence-corrected chi connectivity index (χ2v) is 19.0. The van der Waals surface area contributed by atoms with Crippen LogP contribution < -0.4 is 18.7 Å². The molecule has 9 heteroatoms. The van der Waals surface area contributed by atoms with E-state index in [1.54, 1.807) is 14.2 Å². The first-order valence-corrected chi connectivity index (χ1v) is 21.7. The number of nitrogens with one attached hydrogen (secondary N) is 1. The van der Waals surface area contributed by atoms with Crippen LogP contribution in [0.3, 0.4) is 0 Å². The molecule has 0 unspecified atom stereocenters. The van der Waals surface area contributed by atoms with Crippen molar-refractivity contribution in [1.82, 2.24) is 0 Å². The second kappa shape index (κ2) is 17.3. The topological polar surface area (TPSA) is 73.9 Å². The molecule has 48 heavy (non-hydrogen) atoms. The molecule has 1 N–H and O–H groups in total. The maximum absolute atomic E-state index is 13.0. The van der Waals surface area contributed by atoms with E-state index in [2.05, 4.69) is 53.7 Å². The van der Waals surface area contributed by atoms with Gasteiger partial charge < -0.3 is 0 Å². The molecular formula is C39H49NO5PPdS. The van der Waals surface area contributed by atoms with Crippen molar-refractivity contribution in [2.24, 2.45) is 0 Å². The van der Waals surface area contributed by atoms with Crippen molar-refractivity contribution < 1.29 is 41.3 Å². The monoisotopic (exact) mass is 780 g/mol. The quantitative estimate of drug-likeness (QED) is 0.128. The number of hydrogen-bond acceptors (Lipinski definition) is 6. The standard InChI is InChI=1S/C27H39O5PS.C12H10N.Pd/c1-30-24-18-12-19-25(31-2)27(24)23-17-10-11-20-26(23)33(32-34(3,28)29,21-13-6-4-7-14-21)22-15-8-5-9-16-22;13-12-9-5-4-8-11(12)10-6-2-1-3-7-10;/h10-12,17-22,33H,4-9,13-16H2,1-3H3;1-9,13H;/q;-1;+1. The molecule has 2 aliphatic carbocycles. The average molecular weight is 781 g/mol. The molecule has 261 valence electrons. The summed E-state index contributed by atoms with van der Waals surface area (Å²) < 4.78 is 47.1. The van der Waals surface area contributed by atoms with Crippen molar-refractivity contribution in [2.75, 3.05) is 24.4 Å². The molecule has 6 rings (SSSR count). The van der Waals surface area contributed by atoms with Crippen molar-refractivity contribution in [1.29, 1.82) is 0 Å². The molecule has 0 heterocycles. The molecule has 0 aromatic heterocycles. The fraction of sp³-hybridized carbons (Fsp3) is 0.385. The predicted octanol–water partition coefficient (Wildman–Crippen LogP) is 9.53. The van der Waals surface area contributed by atoms with Crippen LogP contribution >= 0.6 is 7.49 Å². The minimum absolute atomic E-state index is 0.279. The molecule has 0 radical (unpaired) electrons. The van der Waals surface area contributed by atoms with E-state index in [0.29, 0.717) is 0 Å². The molecule has 0 amide bonds. The maximum atomic E-state index is 13.0. The summed E-state index contributed by atoms with van der Waals surface area (Å²) in [5.41, 5.74) is 5.96. The minimum atomic E-state index is -3.66. The summed E-state index contributed by atoms with van der Waals surface area (Å²) in [5, 5.41) is 1.09. The Morgan fingerprint density at radius 3 is 1.67 bits per heavy atom. The van der Waals surface area contributed by atoms with E-state index in [1.807, 2.05) is 66.7 Å². The first kappa shape index (κ1) is 36.6. The van der Waals surface area contributed by atoms with Gasteiger partial charge in [-0.1, -0.05) is 0 Å². The first-order chi connectivity index (χ1) is 23.3. The summed E-state index contributed by atoms with van der Waals surface area (Å²) in [4.78, 5) is 0. The second-order valence-electron chi connectivity index (χ2n) is 12.8. The molecule has 6 nitrogen and oxygen atoms in total. The summed E-state index contributed by atoms with van der Waals surface area (Å²) in [6.07, 6.45) is 12.4. The number of methoxy groups -OCH3 is 2. The van der Waals surface area contributed by atoms with Crippen molar-refractivity contribution >= 4 is 28.6 Å². The van der Waals surface area contributed by atoms with E-state index in [0.717, 1.165) is 85.0 Å². The van der Waals surface area contributed by atoms with Crippen LogP contribution in [0.4, 0.5) is 5.69 Å². The van der Waals surface area contributed by atoms with Gasteiger partial charge in [-0.2, -0.15) is 0 Å². The molecule has 0 bridgehead atoms. The third-order valence-corrected chi connectivity index (χ3v) is 17.4. The summed E-state index contributed by atoms with van der Waals surface area (Å²) in [6, 6.07) is 32.6. The van der Waals surface area contributed by atoms with Gasteiger partial charge in [0.2, 0.25) is 0 Å². The normalized spacial score (nSPS) is 16.4. The number of rotatable bonds is 10. The first-order valence-electron chi connectivity index (χ1n) is 17.0. The third-order valence-electron chi connectivity index (χ3n) is 9.85. The Morgan fingerprint density at radius 1 is 0.646 bits per heavy atom. The van der Waals surface area contributed by atoms with Crippen molar-refractivity contribution in [3.05, 3.63) is 97.1 Å². The predicted molar refractivity (Wildman–Crippen MR) is 198 cm³/mol. The Hall–Kier alpha value is -2.72. The zero-order valence-corrected chi connectivity index (χ0v) is 31.6. The summed E-state index contributed by atoms with van der Waals surface area (Å²) in [6.45, 7) is 0. The molecule has 4 aromatic carbocycles. The molecule has 4 aromatic rings. The van der Waals surface area contributed by atoms with Crippen LogP contribution in [-0.4, -0.2) is 40.2 Å². The van der Waals surface area contributed by atoms with Crippen LogP contribution in [-0.2, 0) is 33.5 Å². The van der Waals surface area contributed by atoms with Crippen molar-refractivity contribution in [3.8, 4) is 33.8 Å². The van der Waals surface area contributed by atoms with E-state index in [4.69, 9.17) is 13.4 Å². The van der Waals surface area contributed by atoms with E-state index >= 15 is 0 Å².